The van der Waals surface area contributed by atoms with Gasteiger partial charge in [0.2, 0.25) is 0 Å². The van der Waals surface area contributed by atoms with Crippen LogP contribution in [0.3, 0.4) is 0 Å². The average Bonchev–Trinajstić information content (AvgIpc) is 2.25. The molecular weight excluding hydrogens is 134 g/mol. The maximum absolute atomic E-state index is 3.55. The Morgan fingerprint density at radius 3 is 1.82 bits per heavy atom. The van der Waals surface area contributed by atoms with Crippen LogP contribution in [0, 0.1) is 10.8 Å². The van der Waals surface area contributed by atoms with Crippen LogP contribution >= 0.6 is 0 Å². The summed E-state index contributed by atoms with van der Waals surface area (Å²) in [7, 11) is 0. The van der Waals surface area contributed by atoms with Gasteiger partial charge in [0.1, 0.15) is 0 Å². The van der Waals surface area contributed by atoms with Crippen LogP contribution in [0.2, 0.25) is 0 Å². The lowest BCUT2D eigenvalue weighted by molar-refractivity contribution is 0.0730. The summed E-state index contributed by atoms with van der Waals surface area (Å²) < 4.78 is 0. The van der Waals surface area contributed by atoms with Crippen molar-refractivity contribution >= 4 is 0 Å². The van der Waals surface area contributed by atoms with Crippen LogP contribution in [0.5, 0.6) is 0 Å². The maximum Gasteiger partial charge on any atom is 0.00111 e. The van der Waals surface area contributed by atoms with E-state index in [2.05, 4.69) is 19.2 Å². The summed E-state index contributed by atoms with van der Waals surface area (Å²) in [5.41, 5.74) is 1.23. The SMILES string of the molecule is CC12CCCCC1(C)CNC2. The minimum atomic E-state index is 0.616. The van der Waals surface area contributed by atoms with E-state index < -0.39 is 0 Å². The third-order valence-electron chi connectivity index (χ3n) is 4.19. The van der Waals surface area contributed by atoms with Crippen molar-refractivity contribution in [3.8, 4) is 0 Å². The van der Waals surface area contributed by atoms with Crippen molar-refractivity contribution in [2.24, 2.45) is 10.8 Å². The van der Waals surface area contributed by atoms with Gasteiger partial charge in [-0.2, -0.15) is 0 Å². The molecule has 1 heteroatoms. The highest BCUT2D eigenvalue weighted by atomic mass is 15.0. The molecule has 2 fully saturated rings. The minimum Gasteiger partial charge on any atom is -0.316 e. The highest BCUT2D eigenvalue weighted by Crippen LogP contribution is 2.52. The summed E-state index contributed by atoms with van der Waals surface area (Å²) in [4.78, 5) is 0. The molecule has 64 valence electrons. The molecule has 0 aromatic heterocycles. The molecule has 0 radical (unpaired) electrons. The van der Waals surface area contributed by atoms with Crippen molar-refractivity contribution in [3.63, 3.8) is 0 Å². The van der Waals surface area contributed by atoms with E-state index in [9.17, 15) is 0 Å². The van der Waals surface area contributed by atoms with E-state index in [-0.39, 0.29) is 0 Å². The second-order valence-corrected chi connectivity index (χ2v) is 4.93. The molecule has 2 unspecified atom stereocenters. The molecule has 1 heterocycles. The first-order valence-electron chi connectivity index (χ1n) is 4.87. The highest BCUT2D eigenvalue weighted by Gasteiger charge is 2.49. The van der Waals surface area contributed by atoms with Crippen molar-refractivity contribution in [1.29, 1.82) is 0 Å². The van der Waals surface area contributed by atoms with E-state index >= 15 is 0 Å². The Morgan fingerprint density at radius 2 is 1.36 bits per heavy atom. The number of hydrogen-bond acceptors (Lipinski definition) is 1. The molecule has 2 aliphatic rings. The van der Waals surface area contributed by atoms with E-state index in [1.54, 1.807) is 0 Å². The fourth-order valence-corrected chi connectivity index (χ4v) is 2.85. The lowest BCUT2D eigenvalue weighted by Crippen LogP contribution is -2.38. The Kier molecular flexibility index (Phi) is 1.54. The molecular formula is C10H19N. The van der Waals surface area contributed by atoms with Gasteiger partial charge in [0, 0.05) is 13.1 Å². The lowest BCUT2D eigenvalue weighted by Gasteiger charge is -2.44. The van der Waals surface area contributed by atoms with E-state index in [0.29, 0.717) is 10.8 Å². The van der Waals surface area contributed by atoms with Crippen LogP contribution in [-0.2, 0) is 0 Å². The van der Waals surface area contributed by atoms with Crippen LogP contribution in [-0.4, -0.2) is 13.1 Å². The average molecular weight is 153 g/mol. The van der Waals surface area contributed by atoms with Crippen molar-refractivity contribution in [2.45, 2.75) is 39.5 Å². The number of rotatable bonds is 0. The summed E-state index contributed by atoms with van der Waals surface area (Å²) in [6.45, 7) is 7.44. The van der Waals surface area contributed by atoms with Crippen molar-refractivity contribution in [2.75, 3.05) is 13.1 Å². The zero-order valence-electron chi connectivity index (χ0n) is 7.74. The Balaban J connectivity index is 2.24. The normalized spacial score (nSPS) is 50.7. The maximum atomic E-state index is 3.55. The molecule has 1 N–H and O–H groups in total. The molecule has 1 saturated carbocycles. The molecule has 11 heavy (non-hydrogen) atoms. The van der Waals surface area contributed by atoms with Gasteiger partial charge in [-0.3, -0.25) is 0 Å². The molecule has 1 saturated heterocycles. The van der Waals surface area contributed by atoms with E-state index in [4.69, 9.17) is 0 Å². The quantitative estimate of drug-likeness (QED) is 0.562. The first-order chi connectivity index (χ1) is 5.16. The summed E-state index contributed by atoms with van der Waals surface area (Å²) in [6.07, 6.45) is 5.79. The zero-order valence-corrected chi connectivity index (χ0v) is 7.74. The molecule has 0 spiro atoms. The van der Waals surface area contributed by atoms with E-state index in [1.807, 2.05) is 0 Å². The molecule has 0 aromatic rings. The molecule has 0 amide bonds. The summed E-state index contributed by atoms with van der Waals surface area (Å²) in [6, 6.07) is 0. The van der Waals surface area contributed by atoms with Gasteiger partial charge in [-0.1, -0.05) is 26.7 Å². The van der Waals surface area contributed by atoms with Gasteiger partial charge in [0.25, 0.3) is 0 Å². The molecule has 0 bridgehead atoms. The van der Waals surface area contributed by atoms with Crippen molar-refractivity contribution < 1.29 is 0 Å². The molecule has 1 aliphatic heterocycles. The van der Waals surface area contributed by atoms with Crippen LogP contribution < -0.4 is 5.32 Å². The third-order valence-corrected chi connectivity index (χ3v) is 4.19. The fraction of sp³-hybridized carbons (Fsp3) is 1.00. The molecule has 1 nitrogen and oxygen atoms in total. The fourth-order valence-electron chi connectivity index (χ4n) is 2.85. The van der Waals surface area contributed by atoms with Gasteiger partial charge in [0.15, 0.2) is 0 Å². The molecule has 1 aliphatic carbocycles. The minimum absolute atomic E-state index is 0.616. The van der Waals surface area contributed by atoms with Crippen molar-refractivity contribution in [3.05, 3.63) is 0 Å². The van der Waals surface area contributed by atoms with Crippen molar-refractivity contribution in [1.82, 2.24) is 5.32 Å². The number of fused-ring (bicyclic) bond motifs is 1. The van der Waals surface area contributed by atoms with Crippen LogP contribution in [0.1, 0.15) is 39.5 Å². The van der Waals surface area contributed by atoms with Gasteiger partial charge in [-0.05, 0) is 23.7 Å². The first-order valence-corrected chi connectivity index (χ1v) is 4.87. The molecule has 2 rings (SSSR count). The predicted molar refractivity (Wildman–Crippen MR) is 47.6 cm³/mol. The van der Waals surface area contributed by atoms with Gasteiger partial charge in [0.05, 0.1) is 0 Å². The number of nitrogens with one attached hydrogen (secondary N) is 1. The van der Waals surface area contributed by atoms with Gasteiger partial charge in [-0.15, -0.1) is 0 Å². The van der Waals surface area contributed by atoms with E-state index in [0.717, 1.165) is 0 Å². The lowest BCUT2D eigenvalue weighted by atomic mass is 9.60. The Hall–Kier alpha value is -0.0400. The largest absolute Gasteiger partial charge is 0.316 e. The monoisotopic (exact) mass is 153 g/mol. The Bertz CT molecular complexity index is 148. The summed E-state index contributed by atoms with van der Waals surface area (Å²) >= 11 is 0. The van der Waals surface area contributed by atoms with Crippen LogP contribution in [0.4, 0.5) is 0 Å². The predicted octanol–water partition coefficient (Wildman–Crippen LogP) is 2.18. The first kappa shape index (κ1) is 7.60. The second kappa shape index (κ2) is 2.22. The Labute approximate surface area is 69.6 Å². The Morgan fingerprint density at radius 1 is 0.909 bits per heavy atom. The van der Waals surface area contributed by atoms with Gasteiger partial charge < -0.3 is 5.32 Å². The topological polar surface area (TPSA) is 12.0 Å². The van der Waals surface area contributed by atoms with Crippen LogP contribution in [0.25, 0.3) is 0 Å². The zero-order chi connectivity index (χ0) is 7.95. The smallest absolute Gasteiger partial charge is 0.00111 e. The number of hydrogen-bond donors (Lipinski definition) is 1. The summed E-state index contributed by atoms with van der Waals surface area (Å²) in [5, 5.41) is 3.55. The second-order valence-electron chi connectivity index (χ2n) is 4.93. The van der Waals surface area contributed by atoms with Crippen LogP contribution in [0.15, 0.2) is 0 Å². The summed E-state index contributed by atoms with van der Waals surface area (Å²) in [5.74, 6) is 0. The third kappa shape index (κ3) is 0.936. The van der Waals surface area contributed by atoms with Gasteiger partial charge in [-0.25, -0.2) is 0 Å². The standard InChI is InChI=1S/C10H19N/c1-9-5-3-4-6-10(9,2)8-11-7-9/h11H,3-8H2,1-2H3. The highest BCUT2D eigenvalue weighted by molar-refractivity contribution is 5.02. The van der Waals surface area contributed by atoms with Gasteiger partial charge >= 0.3 is 0 Å². The molecule has 2 atom stereocenters. The molecule has 0 aromatic carbocycles. The van der Waals surface area contributed by atoms with E-state index in [1.165, 1.54) is 38.8 Å².